The van der Waals surface area contributed by atoms with E-state index in [0.29, 0.717) is 48.8 Å². The zero-order valence-electron chi connectivity index (χ0n) is 42.5. The maximum Gasteiger partial charge on any atom is 0.351 e. The molecule has 18 heteroatoms. The van der Waals surface area contributed by atoms with Crippen molar-refractivity contribution in [1.29, 1.82) is 0 Å². The summed E-state index contributed by atoms with van der Waals surface area (Å²) in [5.74, 6) is 0.631. The van der Waals surface area contributed by atoms with Gasteiger partial charge in [-0.1, -0.05) is 83.1 Å². The van der Waals surface area contributed by atoms with Crippen LogP contribution in [0.2, 0.25) is 72.5 Å². The average Bonchev–Trinajstić information content (AvgIpc) is 3.68. The van der Waals surface area contributed by atoms with Crippen LogP contribution in [0.25, 0.3) is 0 Å². The molecular weight excluding hydrogens is 853 g/mol. The van der Waals surface area contributed by atoms with E-state index in [0.717, 1.165) is 0 Å². The molecule has 2 N–H and O–H groups in total. The van der Waals surface area contributed by atoms with Crippen LogP contribution >= 0.6 is 0 Å². The maximum absolute atomic E-state index is 13.7. The number of aromatic nitrogens is 4. The summed E-state index contributed by atoms with van der Waals surface area (Å²) in [6.45, 7) is 49.1. The lowest BCUT2D eigenvalue weighted by molar-refractivity contribution is -0.0412. The minimum atomic E-state index is -2.18. The first kappa shape index (κ1) is 52.6. The topological polar surface area (TPSA) is 149 Å². The Morgan fingerprint density at radius 2 is 0.855 bits per heavy atom. The Hall–Kier alpha value is -2.01. The molecule has 0 unspecified atom stereocenters. The number of anilines is 2. The molecule has 0 amide bonds. The lowest BCUT2D eigenvalue weighted by Gasteiger charge is -2.40. The molecule has 2 aliphatic rings. The highest BCUT2D eigenvalue weighted by Gasteiger charge is 2.49. The molecular formula is C44H84N6O8Si4. The Morgan fingerprint density at radius 3 is 1.13 bits per heavy atom. The molecule has 0 spiro atoms. The van der Waals surface area contributed by atoms with Crippen molar-refractivity contribution in [3.05, 3.63) is 44.5 Å². The number of ether oxygens (including phenoxy) is 2. The van der Waals surface area contributed by atoms with Crippen LogP contribution in [-0.2, 0) is 27.2 Å². The van der Waals surface area contributed by atoms with Crippen molar-refractivity contribution in [3.8, 4) is 0 Å². The molecule has 62 heavy (non-hydrogen) atoms. The number of hydrazine groups is 1. The first-order valence-electron chi connectivity index (χ1n) is 22.5. The normalized spacial score (nSPS) is 23.6. The Kier molecular flexibility index (Phi) is 15.6. The Morgan fingerprint density at radius 1 is 0.565 bits per heavy atom. The zero-order chi connectivity index (χ0) is 47.4. The number of nitrogens with zero attached hydrogens (tertiary/aromatic N) is 4. The third-order valence-electron chi connectivity index (χ3n) is 14.9. The molecule has 2 aliphatic heterocycles. The van der Waals surface area contributed by atoms with E-state index in [4.69, 9.17) is 27.2 Å². The fourth-order valence-electron chi connectivity index (χ4n) is 6.33. The maximum atomic E-state index is 13.7. The molecule has 0 bridgehead atoms. The molecule has 6 atom stereocenters. The summed E-state index contributed by atoms with van der Waals surface area (Å²) < 4.78 is 43.5. The number of rotatable bonds is 15. The van der Waals surface area contributed by atoms with Crippen LogP contribution in [0.3, 0.4) is 0 Å². The first-order valence-corrected chi connectivity index (χ1v) is 34.2. The van der Waals surface area contributed by atoms with Crippen molar-refractivity contribution in [2.24, 2.45) is 0 Å². The van der Waals surface area contributed by atoms with Gasteiger partial charge in [0.05, 0.1) is 25.4 Å². The summed E-state index contributed by atoms with van der Waals surface area (Å²) in [6, 6.07) is 0. The third kappa shape index (κ3) is 12.1. The van der Waals surface area contributed by atoms with E-state index in [-0.39, 0.29) is 44.6 Å². The Labute approximate surface area is 377 Å². The van der Waals surface area contributed by atoms with Gasteiger partial charge in [-0.2, -0.15) is 9.97 Å². The van der Waals surface area contributed by atoms with Gasteiger partial charge in [0.1, 0.15) is 24.7 Å². The average molecular weight is 938 g/mol. The molecule has 2 aromatic heterocycles. The number of hydrogen-bond donors (Lipinski definition) is 2. The monoisotopic (exact) mass is 937 g/mol. The number of aryl methyl sites for hydroxylation is 2. The van der Waals surface area contributed by atoms with Crippen LogP contribution in [0.4, 0.5) is 11.6 Å². The van der Waals surface area contributed by atoms with E-state index < -0.39 is 57.1 Å². The lowest BCUT2D eigenvalue weighted by atomic mass is 10.2. The van der Waals surface area contributed by atoms with E-state index in [1.807, 2.05) is 13.8 Å². The summed E-state index contributed by atoms with van der Waals surface area (Å²) in [5, 5.41) is 0.0795. The van der Waals surface area contributed by atoms with Gasteiger partial charge < -0.3 is 27.2 Å². The standard InChI is InChI=1S/C44H84N6O8Si4/c1-29-25-49(35-23-31(57-61(19,20)43(9,10)11)33(55-35)27-53-59(15,16)41(3,4)5)39(51)45-37(29)47-48-38-30(2)26-50(40(52)46-38)36-24-32(58-62(21,22)44(12,13)14)34(56-36)28-54-60(17,18)42(6,7)8/h25-26,31-36H,23-24,27-28H2,1-22H3,(H,45,47,51)(H,46,48,52)/t31-,32-,33+,34+,35+,36+/m0/s1. The van der Waals surface area contributed by atoms with E-state index in [1.165, 1.54) is 0 Å². The van der Waals surface area contributed by atoms with Crippen molar-refractivity contribution in [2.75, 3.05) is 24.1 Å². The smallest absolute Gasteiger partial charge is 0.351 e. The molecule has 0 aliphatic carbocycles. The summed E-state index contributed by atoms with van der Waals surface area (Å²) in [5.41, 5.74) is 6.54. The number of hydrogen-bond acceptors (Lipinski definition) is 12. The molecule has 4 rings (SSSR count). The van der Waals surface area contributed by atoms with Crippen molar-refractivity contribution in [1.82, 2.24) is 19.1 Å². The molecule has 0 aromatic carbocycles. The lowest BCUT2D eigenvalue weighted by Crippen LogP contribution is -2.48. The van der Waals surface area contributed by atoms with Gasteiger partial charge in [0.15, 0.2) is 44.9 Å². The quantitative estimate of drug-likeness (QED) is 0.129. The fraction of sp³-hybridized carbons (Fsp3) is 0.818. The molecule has 2 aromatic rings. The molecule has 0 saturated carbocycles. The van der Waals surface area contributed by atoms with E-state index >= 15 is 0 Å². The molecule has 354 valence electrons. The summed E-state index contributed by atoms with van der Waals surface area (Å²) in [4.78, 5) is 36.2. The minimum Gasteiger partial charge on any atom is -0.414 e. The fourth-order valence-corrected chi connectivity index (χ4v) is 11.1. The third-order valence-corrected chi connectivity index (χ3v) is 32.9. The summed E-state index contributed by atoms with van der Waals surface area (Å²) >= 11 is 0. The van der Waals surface area contributed by atoms with Crippen LogP contribution in [-0.4, -0.2) is 90.0 Å². The zero-order valence-corrected chi connectivity index (χ0v) is 46.5. The first-order chi connectivity index (χ1) is 27.9. The SMILES string of the molecule is Cc1cn([C@H]2C[C@H](O[Si](C)(C)C(C)(C)C)[C@@H](CO[Si](C)(C)C(C)(C)C)O2)c(=O)nc1NNc1nc(=O)n([C@H]2C[C@H](O[Si](C)(C)C(C)(C)C)[C@@H](CO[Si](C)(C)C(C)(C)C)O2)cc1C. The van der Waals surface area contributed by atoms with Crippen molar-refractivity contribution < 1.29 is 27.2 Å². The van der Waals surface area contributed by atoms with Gasteiger partial charge in [0, 0.05) is 36.4 Å². The molecule has 4 heterocycles. The largest absolute Gasteiger partial charge is 0.414 e. The second kappa shape index (κ2) is 18.3. The van der Waals surface area contributed by atoms with Crippen LogP contribution in [0.5, 0.6) is 0 Å². The Bertz CT molecular complexity index is 1850. The van der Waals surface area contributed by atoms with Gasteiger partial charge >= 0.3 is 11.4 Å². The summed E-state index contributed by atoms with van der Waals surface area (Å²) in [7, 11) is -8.51. The van der Waals surface area contributed by atoms with Crippen molar-refractivity contribution in [3.63, 3.8) is 0 Å². The van der Waals surface area contributed by atoms with Gasteiger partial charge in [0.25, 0.3) is 0 Å². The van der Waals surface area contributed by atoms with Crippen molar-refractivity contribution in [2.45, 2.75) is 219 Å². The van der Waals surface area contributed by atoms with E-state index in [1.54, 1.807) is 21.5 Å². The van der Waals surface area contributed by atoms with Gasteiger partial charge in [-0.05, 0) is 86.4 Å². The highest BCUT2D eigenvalue weighted by atomic mass is 28.4. The minimum absolute atomic E-state index is 0.000281. The van der Waals surface area contributed by atoms with Crippen LogP contribution in [0.15, 0.2) is 22.0 Å². The molecule has 0 radical (unpaired) electrons. The summed E-state index contributed by atoms with van der Waals surface area (Å²) in [6.07, 6.45) is 2.23. The predicted octanol–water partition coefficient (Wildman–Crippen LogP) is 10.3. The second-order valence-corrected chi connectivity index (χ2v) is 43.0. The molecule has 2 fully saturated rings. The highest BCUT2D eigenvalue weighted by Crippen LogP contribution is 2.44. The van der Waals surface area contributed by atoms with Gasteiger partial charge in [-0.15, -0.1) is 0 Å². The number of nitrogens with one attached hydrogen (secondary N) is 2. The highest BCUT2D eigenvalue weighted by molar-refractivity contribution is 6.75. The van der Waals surface area contributed by atoms with Gasteiger partial charge in [0.2, 0.25) is 0 Å². The van der Waals surface area contributed by atoms with Crippen LogP contribution in [0, 0.1) is 13.8 Å². The van der Waals surface area contributed by atoms with Crippen LogP contribution in [0.1, 0.15) is 120 Å². The molecule has 14 nitrogen and oxygen atoms in total. The van der Waals surface area contributed by atoms with E-state index in [2.05, 4.69) is 156 Å². The molecule has 2 saturated heterocycles. The van der Waals surface area contributed by atoms with Crippen LogP contribution < -0.4 is 22.2 Å². The second-order valence-electron chi connectivity index (χ2n) is 23.9. The van der Waals surface area contributed by atoms with Crippen molar-refractivity contribution >= 4 is 44.9 Å². The predicted molar refractivity (Wildman–Crippen MR) is 261 cm³/mol. The Balaban J connectivity index is 1.53. The van der Waals surface area contributed by atoms with Gasteiger partial charge in [-0.25, -0.2) is 9.59 Å². The van der Waals surface area contributed by atoms with E-state index in [9.17, 15) is 9.59 Å². The van der Waals surface area contributed by atoms with Gasteiger partial charge in [-0.3, -0.25) is 20.0 Å².